The van der Waals surface area contributed by atoms with Crippen LogP contribution in [0.5, 0.6) is 11.8 Å². The minimum absolute atomic E-state index is 0.0212. The van der Waals surface area contributed by atoms with Crippen molar-refractivity contribution in [1.82, 2.24) is 25.2 Å². The highest BCUT2D eigenvalue weighted by atomic mass is 19.1. The SMILES string of the molecule is Oc1cc(-c2ncc3c(N4CC5CCC(C4)N5)nc(OC[C@@]45C[C@H](F)CN4[C@@H]4CCCC[C@@H]4C5)nc3c2F)c2c(F)cccc2c1. The van der Waals surface area contributed by atoms with Crippen LogP contribution in [0.4, 0.5) is 19.0 Å². The molecule has 2 aromatic heterocycles. The van der Waals surface area contributed by atoms with Crippen molar-refractivity contribution in [2.75, 3.05) is 31.1 Å². The van der Waals surface area contributed by atoms with Crippen LogP contribution in [0.25, 0.3) is 32.9 Å². The number of anilines is 1. The summed E-state index contributed by atoms with van der Waals surface area (Å²) in [6.45, 7) is 2.08. The van der Waals surface area contributed by atoms with Gasteiger partial charge in [-0.05, 0) is 61.6 Å². The number of aromatic nitrogens is 3. The second-order valence-electron chi connectivity index (χ2n) is 14.2. The highest BCUT2D eigenvalue weighted by molar-refractivity contribution is 6.00. The van der Waals surface area contributed by atoms with E-state index in [0.717, 1.165) is 32.1 Å². The van der Waals surface area contributed by atoms with Gasteiger partial charge in [-0.2, -0.15) is 9.97 Å². The Bertz CT molecular complexity index is 1850. The Balaban J connectivity index is 1.15. The van der Waals surface area contributed by atoms with Gasteiger partial charge in [0.05, 0.1) is 10.9 Å². The number of hydrogen-bond acceptors (Lipinski definition) is 8. The average molecular weight is 631 g/mol. The molecule has 46 heavy (non-hydrogen) atoms. The van der Waals surface area contributed by atoms with Gasteiger partial charge in [-0.15, -0.1) is 0 Å². The molecule has 8 nitrogen and oxygen atoms in total. The van der Waals surface area contributed by atoms with Gasteiger partial charge in [0.2, 0.25) is 0 Å². The van der Waals surface area contributed by atoms with E-state index in [4.69, 9.17) is 9.72 Å². The molecule has 9 rings (SSSR count). The van der Waals surface area contributed by atoms with E-state index >= 15 is 8.78 Å². The first-order valence-electron chi connectivity index (χ1n) is 16.7. The molecule has 2 bridgehead atoms. The highest BCUT2D eigenvalue weighted by Crippen LogP contribution is 2.51. The lowest BCUT2D eigenvalue weighted by Crippen LogP contribution is -2.51. The van der Waals surface area contributed by atoms with Gasteiger partial charge in [0.1, 0.15) is 41.4 Å². The minimum atomic E-state index is -0.903. The number of nitrogens with one attached hydrogen (secondary N) is 1. The fourth-order valence-electron chi connectivity index (χ4n) is 9.45. The maximum Gasteiger partial charge on any atom is 0.319 e. The van der Waals surface area contributed by atoms with E-state index in [1.165, 1.54) is 31.0 Å². The molecule has 2 aromatic carbocycles. The molecule has 0 radical (unpaired) electrons. The average Bonchev–Trinajstić information content (AvgIpc) is 3.66. The lowest BCUT2D eigenvalue weighted by molar-refractivity contribution is 0.0775. The largest absolute Gasteiger partial charge is 0.508 e. The van der Waals surface area contributed by atoms with E-state index in [1.54, 1.807) is 18.3 Å². The van der Waals surface area contributed by atoms with E-state index in [2.05, 4.69) is 25.1 Å². The molecule has 1 aliphatic carbocycles. The number of halogens is 3. The Morgan fingerprint density at radius 1 is 1.00 bits per heavy atom. The molecule has 1 saturated carbocycles. The molecule has 240 valence electrons. The number of piperazine rings is 1. The third-order valence-electron chi connectivity index (χ3n) is 11.3. The van der Waals surface area contributed by atoms with Crippen LogP contribution in [0.1, 0.15) is 51.4 Å². The first-order valence-corrected chi connectivity index (χ1v) is 16.7. The van der Waals surface area contributed by atoms with Gasteiger partial charge in [0, 0.05) is 61.3 Å². The number of phenolic OH excluding ortho intramolecular Hbond substituents is 1. The van der Waals surface area contributed by atoms with Gasteiger partial charge in [-0.1, -0.05) is 25.0 Å². The number of pyridine rings is 1. The normalized spacial score (nSPS) is 30.7. The smallest absolute Gasteiger partial charge is 0.319 e. The molecule has 4 aromatic rings. The summed E-state index contributed by atoms with van der Waals surface area (Å²) in [6, 6.07) is 8.33. The predicted octanol–water partition coefficient (Wildman–Crippen LogP) is 5.89. The molecule has 4 saturated heterocycles. The van der Waals surface area contributed by atoms with Crippen molar-refractivity contribution >= 4 is 27.5 Å². The summed E-state index contributed by atoms with van der Waals surface area (Å²) in [5, 5.41) is 15.1. The molecule has 0 spiro atoms. The molecule has 5 aliphatic rings. The lowest BCUT2D eigenvalue weighted by atomic mass is 9.81. The van der Waals surface area contributed by atoms with Crippen LogP contribution in [0, 0.1) is 17.6 Å². The van der Waals surface area contributed by atoms with Crippen molar-refractivity contribution in [3.05, 3.63) is 48.2 Å². The number of rotatable bonds is 5. The van der Waals surface area contributed by atoms with Crippen molar-refractivity contribution in [2.45, 2.75) is 81.2 Å². The molecular weight excluding hydrogens is 593 g/mol. The Morgan fingerprint density at radius 2 is 1.83 bits per heavy atom. The van der Waals surface area contributed by atoms with Crippen LogP contribution in [0.15, 0.2) is 36.5 Å². The number of phenols is 1. The van der Waals surface area contributed by atoms with E-state index in [9.17, 15) is 9.50 Å². The first-order chi connectivity index (χ1) is 22.3. The summed E-state index contributed by atoms with van der Waals surface area (Å²) >= 11 is 0. The summed E-state index contributed by atoms with van der Waals surface area (Å²) in [4.78, 5) is 18.5. The van der Waals surface area contributed by atoms with Crippen LogP contribution in [-0.2, 0) is 0 Å². The monoisotopic (exact) mass is 630 g/mol. The van der Waals surface area contributed by atoms with E-state index < -0.39 is 23.3 Å². The van der Waals surface area contributed by atoms with Gasteiger partial charge in [0.15, 0.2) is 5.82 Å². The maximum absolute atomic E-state index is 16.7. The maximum atomic E-state index is 16.7. The number of benzene rings is 2. The zero-order valence-electron chi connectivity index (χ0n) is 25.6. The number of alkyl halides is 1. The van der Waals surface area contributed by atoms with Gasteiger partial charge >= 0.3 is 6.01 Å². The highest BCUT2D eigenvalue weighted by Gasteiger charge is 2.57. The first kappa shape index (κ1) is 28.5. The Kier molecular flexibility index (Phi) is 6.61. The minimum Gasteiger partial charge on any atom is -0.508 e. The van der Waals surface area contributed by atoms with Crippen LogP contribution in [-0.4, -0.2) is 81.0 Å². The van der Waals surface area contributed by atoms with Gasteiger partial charge in [0.25, 0.3) is 0 Å². The molecule has 2 N–H and O–H groups in total. The van der Waals surface area contributed by atoms with Crippen molar-refractivity contribution in [2.24, 2.45) is 5.92 Å². The number of fused-ring (bicyclic) bond motifs is 7. The predicted molar refractivity (Wildman–Crippen MR) is 169 cm³/mol. The topological polar surface area (TPSA) is 86.6 Å². The van der Waals surface area contributed by atoms with Gasteiger partial charge in [-0.25, -0.2) is 13.2 Å². The zero-order chi connectivity index (χ0) is 31.2. The van der Waals surface area contributed by atoms with Gasteiger partial charge < -0.3 is 20.1 Å². The zero-order valence-corrected chi connectivity index (χ0v) is 25.6. The Morgan fingerprint density at radius 3 is 2.67 bits per heavy atom. The van der Waals surface area contributed by atoms with E-state index in [-0.39, 0.29) is 40.5 Å². The summed E-state index contributed by atoms with van der Waals surface area (Å²) in [5.74, 6) is -0.316. The third-order valence-corrected chi connectivity index (χ3v) is 11.3. The quantitative estimate of drug-likeness (QED) is 0.282. The van der Waals surface area contributed by atoms with Crippen LogP contribution < -0.4 is 15.0 Å². The van der Waals surface area contributed by atoms with Crippen molar-refractivity contribution in [1.29, 1.82) is 0 Å². The fourth-order valence-corrected chi connectivity index (χ4v) is 9.45. The van der Waals surface area contributed by atoms with Crippen LogP contribution in [0.3, 0.4) is 0 Å². The summed E-state index contributed by atoms with van der Waals surface area (Å²) in [7, 11) is 0. The van der Waals surface area contributed by atoms with E-state index in [0.29, 0.717) is 66.7 Å². The molecule has 5 fully saturated rings. The van der Waals surface area contributed by atoms with Crippen molar-refractivity contribution in [3.8, 4) is 23.0 Å². The van der Waals surface area contributed by atoms with E-state index in [1.807, 2.05) is 0 Å². The molecule has 6 heterocycles. The molecule has 4 aliphatic heterocycles. The third kappa shape index (κ3) is 4.52. The standard InChI is InChI=1S/C35H37F3N6O2/c36-21-13-35(12-20-4-1-2-7-28(20)44(35)15-21)18-46-34-41-32-26(33(42-34)43-16-22-8-9-23(17-43)40-22)14-39-31(30(32)38)25-11-24(45)10-19-5-3-6-27(37)29(19)25/h3,5-6,10-11,14,20-23,28,40,45H,1-2,4,7-9,12-13,15-18H2/t20-,21+,22?,23?,28-,35-/m1/s1. The molecule has 0 amide bonds. The molecule has 6 atom stereocenters. The second kappa shape index (κ2) is 10.7. The second-order valence-corrected chi connectivity index (χ2v) is 14.2. The van der Waals surface area contributed by atoms with Crippen LogP contribution in [0.2, 0.25) is 0 Å². The Labute approximate surface area is 265 Å². The molecule has 2 unspecified atom stereocenters. The molecular formula is C35H37F3N6O2. The number of aromatic hydroxyl groups is 1. The number of ether oxygens (including phenoxy) is 1. The number of nitrogens with zero attached hydrogens (tertiary/aromatic N) is 5. The fraction of sp³-hybridized carbons (Fsp3) is 0.514. The van der Waals surface area contributed by atoms with Crippen LogP contribution >= 0.6 is 0 Å². The van der Waals surface area contributed by atoms with Crippen molar-refractivity contribution in [3.63, 3.8) is 0 Å². The van der Waals surface area contributed by atoms with Gasteiger partial charge in [-0.3, -0.25) is 9.88 Å². The number of hydrogen-bond donors (Lipinski definition) is 2. The lowest BCUT2D eigenvalue weighted by Gasteiger charge is -2.36. The summed E-state index contributed by atoms with van der Waals surface area (Å²) in [6.07, 6.45) is 8.70. The molecule has 11 heteroatoms. The van der Waals surface area contributed by atoms with Crippen molar-refractivity contribution < 1.29 is 23.0 Å². The summed E-state index contributed by atoms with van der Waals surface area (Å²) < 4.78 is 53.2. The summed E-state index contributed by atoms with van der Waals surface area (Å²) in [5.41, 5.74) is -0.382. The Hall–Kier alpha value is -3.70.